The Morgan fingerprint density at radius 3 is 2.57 bits per heavy atom. The van der Waals surface area contributed by atoms with Gasteiger partial charge < -0.3 is 10.5 Å². The van der Waals surface area contributed by atoms with Crippen LogP contribution >= 0.6 is 0 Å². The molecule has 2 aromatic heterocycles. The first kappa shape index (κ1) is 15.2. The SMILES string of the molecule is CO[C@](F)(Cc1[nH]ncc1N)c1cnnn1CC(F)(F)F. The van der Waals surface area contributed by atoms with Crippen LogP contribution in [0.15, 0.2) is 12.4 Å². The summed E-state index contributed by atoms with van der Waals surface area (Å²) in [5.74, 6) is -2.57. The second-order valence-electron chi connectivity index (χ2n) is 4.31. The molecular formula is C10H12F4N6O. The van der Waals surface area contributed by atoms with Gasteiger partial charge in [-0.1, -0.05) is 5.21 Å². The van der Waals surface area contributed by atoms with Crippen molar-refractivity contribution in [2.75, 3.05) is 12.8 Å². The number of nitrogens with two attached hydrogens (primary N) is 1. The molecule has 0 aliphatic carbocycles. The third kappa shape index (κ3) is 3.29. The van der Waals surface area contributed by atoms with E-state index >= 15 is 0 Å². The van der Waals surface area contributed by atoms with Crippen molar-refractivity contribution in [1.82, 2.24) is 25.2 Å². The molecule has 0 aliphatic rings. The van der Waals surface area contributed by atoms with E-state index in [4.69, 9.17) is 10.5 Å². The molecule has 0 saturated heterocycles. The van der Waals surface area contributed by atoms with Crippen LogP contribution in [0.2, 0.25) is 0 Å². The molecule has 0 spiro atoms. The molecule has 3 N–H and O–H groups in total. The number of H-pyrrole nitrogens is 1. The molecule has 0 fully saturated rings. The lowest BCUT2D eigenvalue weighted by Gasteiger charge is -2.24. The molecule has 0 amide bonds. The number of nitrogen functional groups attached to an aromatic ring is 1. The summed E-state index contributed by atoms with van der Waals surface area (Å²) in [6.07, 6.45) is -2.89. The maximum atomic E-state index is 14.9. The number of ether oxygens (including phenoxy) is 1. The van der Waals surface area contributed by atoms with E-state index in [1.807, 2.05) is 0 Å². The molecule has 0 aliphatic heterocycles. The van der Waals surface area contributed by atoms with Crippen molar-refractivity contribution in [3.63, 3.8) is 0 Å². The van der Waals surface area contributed by atoms with Crippen molar-refractivity contribution in [1.29, 1.82) is 0 Å². The molecule has 11 heteroatoms. The van der Waals surface area contributed by atoms with Crippen LogP contribution < -0.4 is 5.73 Å². The molecule has 0 saturated carbocycles. The number of halogens is 4. The summed E-state index contributed by atoms with van der Waals surface area (Å²) in [4.78, 5) is 0. The van der Waals surface area contributed by atoms with Gasteiger partial charge >= 0.3 is 6.18 Å². The van der Waals surface area contributed by atoms with Crippen LogP contribution in [0.4, 0.5) is 23.2 Å². The Labute approximate surface area is 116 Å². The van der Waals surface area contributed by atoms with E-state index in [1.54, 1.807) is 0 Å². The van der Waals surface area contributed by atoms with Gasteiger partial charge in [0.25, 0.3) is 5.85 Å². The molecule has 116 valence electrons. The lowest BCUT2D eigenvalue weighted by molar-refractivity contribution is -0.155. The standard InChI is InChI=1S/C10H12F4N6O/c1-21-9(11,2-7-6(15)3-16-18-7)8-4-17-19-20(8)5-10(12,13)14/h3-4H,2,5,15H2,1H3,(H,16,18)/t9-/m1/s1. The zero-order chi connectivity index (χ0) is 15.7. The number of aromatic nitrogens is 5. The van der Waals surface area contributed by atoms with Gasteiger partial charge in [-0.05, 0) is 0 Å². The van der Waals surface area contributed by atoms with Crippen molar-refractivity contribution >= 4 is 5.69 Å². The second kappa shape index (κ2) is 5.31. The van der Waals surface area contributed by atoms with Crippen LogP contribution in [-0.2, 0) is 23.6 Å². The molecule has 0 unspecified atom stereocenters. The number of hydrogen-bond acceptors (Lipinski definition) is 5. The van der Waals surface area contributed by atoms with Crippen LogP contribution in [0.3, 0.4) is 0 Å². The Hall–Kier alpha value is -2.17. The number of methoxy groups -OCH3 is 1. The number of aromatic amines is 1. The minimum absolute atomic E-state index is 0.170. The number of rotatable bonds is 5. The predicted octanol–water partition coefficient (Wildman–Crippen LogP) is 1.16. The molecule has 0 radical (unpaired) electrons. The fourth-order valence-corrected chi connectivity index (χ4v) is 1.79. The number of anilines is 1. The predicted molar refractivity (Wildman–Crippen MR) is 62.6 cm³/mol. The average Bonchev–Trinajstić information content (AvgIpc) is 2.98. The molecule has 2 heterocycles. The van der Waals surface area contributed by atoms with Crippen molar-refractivity contribution < 1.29 is 22.3 Å². The largest absolute Gasteiger partial charge is 0.408 e. The highest BCUT2D eigenvalue weighted by molar-refractivity contribution is 5.40. The van der Waals surface area contributed by atoms with Gasteiger partial charge in [-0.3, -0.25) is 5.10 Å². The van der Waals surface area contributed by atoms with Crippen molar-refractivity contribution in [3.05, 3.63) is 23.8 Å². The van der Waals surface area contributed by atoms with Gasteiger partial charge in [0.1, 0.15) is 12.2 Å². The van der Waals surface area contributed by atoms with Crippen LogP contribution in [0, 0.1) is 0 Å². The molecule has 1 atom stereocenters. The minimum Gasteiger partial charge on any atom is -0.396 e. The molecule has 0 bridgehead atoms. The van der Waals surface area contributed by atoms with Gasteiger partial charge in [0.2, 0.25) is 0 Å². The smallest absolute Gasteiger partial charge is 0.396 e. The highest BCUT2D eigenvalue weighted by Gasteiger charge is 2.40. The molecule has 2 aromatic rings. The first-order chi connectivity index (χ1) is 9.75. The summed E-state index contributed by atoms with van der Waals surface area (Å²) < 4.78 is 57.3. The number of nitrogens with zero attached hydrogens (tertiary/aromatic N) is 4. The van der Waals surface area contributed by atoms with Crippen molar-refractivity contribution in [2.24, 2.45) is 0 Å². The molecule has 0 aromatic carbocycles. The summed E-state index contributed by atoms with van der Waals surface area (Å²) in [5, 5.41) is 12.6. The number of nitrogens with one attached hydrogen (secondary N) is 1. The first-order valence-electron chi connectivity index (χ1n) is 5.72. The Kier molecular flexibility index (Phi) is 3.85. The summed E-state index contributed by atoms with van der Waals surface area (Å²) in [5.41, 5.74) is 5.46. The van der Waals surface area contributed by atoms with Crippen molar-refractivity contribution in [3.8, 4) is 0 Å². The Balaban J connectivity index is 2.32. The average molecular weight is 308 g/mol. The monoisotopic (exact) mass is 308 g/mol. The van der Waals surface area contributed by atoms with Gasteiger partial charge in [-0.15, -0.1) is 5.10 Å². The third-order valence-electron chi connectivity index (χ3n) is 2.81. The molecular weight excluding hydrogens is 296 g/mol. The normalized spacial score (nSPS) is 15.1. The molecule has 7 nitrogen and oxygen atoms in total. The first-order valence-corrected chi connectivity index (χ1v) is 5.72. The second-order valence-corrected chi connectivity index (χ2v) is 4.31. The quantitative estimate of drug-likeness (QED) is 0.808. The molecule has 21 heavy (non-hydrogen) atoms. The van der Waals surface area contributed by atoms with E-state index in [9.17, 15) is 17.6 Å². The van der Waals surface area contributed by atoms with E-state index < -0.39 is 30.7 Å². The van der Waals surface area contributed by atoms with Crippen LogP contribution in [0.25, 0.3) is 0 Å². The number of hydrogen-bond donors (Lipinski definition) is 2. The highest BCUT2D eigenvalue weighted by Crippen LogP contribution is 2.32. The van der Waals surface area contributed by atoms with Crippen LogP contribution in [-0.4, -0.2) is 38.5 Å². The van der Waals surface area contributed by atoms with E-state index in [0.29, 0.717) is 4.68 Å². The van der Waals surface area contributed by atoms with Crippen LogP contribution in [0.5, 0.6) is 0 Å². The van der Waals surface area contributed by atoms with Gasteiger partial charge in [0.05, 0.1) is 30.2 Å². The van der Waals surface area contributed by atoms with Crippen molar-refractivity contribution in [2.45, 2.75) is 25.0 Å². The Morgan fingerprint density at radius 1 is 1.33 bits per heavy atom. The lowest BCUT2D eigenvalue weighted by Crippen LogP contribution is -2.32. The topological polar surface area (TPSA) is 94.6 Å². The Bertz CT molecular complexity index is 609. The highest BCUT2D eigenvalue weighted by atomic mass is 19.4. The fourth-order valence-electron chi connectivity index (χ4n) is 1.79. The Morgan fingerprint density at radius 2 is 2.05 bits per heavy atom. The van der Waals surface area contributed by atoms with Gasteiger partial charge in [-0.25, -0.2) is 9.07 Å². The summed E-state index contributed by atoms with van der Waals surface area (Å²) in [7, 11) is 1.03. The summed E-state index contributed by atoms with van der Waals surface area (Å²) in [6, 6.07) is 0. The van der Waals surface area contributed by atoms with E-state index in [-0.39, 0.29) is 11.4 Å². The van der Waals surface area contributed by atoms with Gasteiger partial charge in [0.15, 0.2) is 0 Å². The minimum atomic E-state index is -4.57. The molecule has 2 rings (SSSR count). The van der Waals surface area contributed by atoms with E-state index in [2.05, 4.69) is 20.5 Å². The number of alkyl halides is 4. The lowest BCUT2D eigenvalue weighted by atomic mass is 10.1. The third-order valence-corrected chi connectivity index (χ3v) is 2.81. The van der Waals surface area contributed by atoms with E-state index in [0.717, 1.165) is 13.3 Å². The zero-order valence-electron chi connectivity index (χ0n) is 10.9. The van der Waals surface area contributed by atoms with Gasteiger partial charge in [0, 0.05) is 7.11 Å². The maximum absolute atomic E-state index is 14.9. The maximum Gasteiger partial charge on any atom is 0.408 e. The fraction of sp³-hybridized carbons (Fsp3) is 0.500. The summed E-state index contributed by atoms with van der Waals surface area (Å²) >= 11 is 0. The zero-order valence-corrected chi connectivity index (χ0v) is 10.9. The summed E-state index contributed by atoms with van der Waals surface area (Å²) in [6.45, 7) is -1.48. The van der Waals surface area contributed by atoms with Gasteiger partial charge in [-0.2, -0.15) is 18.3 Å². The van der Waals surface area contributed by atoms with Crippen LogP contribution in [0.1, 0.15) is 11.4 Å². The van der Waals surface area contributed by atoms with E-state index in [1.165, 1.54) is 6.20 Å².